The third kappa shape index (κ3) is 1.65. The zero-order chi connectivity index (χ0) is 11.7. The lowest BCUT2D eigenvalue weighted by Crippen LogP contribution is -2.45. The summed E-state index contributed by atoms with van der Waals surface area (Å²) in [6, 6.07) is 8.31. The highest BCUT2D eigenvalue weighted by molar-refractivity contribution is 9.08. The number of halogens is 1. The lowest BCUT2D eigenvalue weighted by atomic mass is 10.3. The van der Waals surface area contributed by atoms with Crippen molar-refractivity contribution in [2.75, 3.05) is 0 Å². The molecule has 0 fully saturated rings. The van der Waals surface area contributed by atoms with Crippen LogP contribution in [-0.2, 0) is 0 Å². The smallest absolute Gasteiger partial charge is 0.258 e. The van der Waals surface area contributed by atoms with E-state index in [1.165, 1.54) is 0 Å². The average molecular weight is 284 g/mol. The summed E-state index contributed by atoms with van der Waals surface area (Å²) in [4.78, 5) is 36.3. The second-order valence-corrected chi connectivity index (χ2v) is 3.68. The van der Waals surface area contributed by atoms with Crippen LogP contribution in [0.2, 0.25) is 0 Å². The highest BCUT2D eigenvalue weighted by atomic mass is 79.9. The predicted molar refractivity (Wildman–Crippen MR) is 61.2 cm³/mol. The lowest BCUT2D eigenvalue weighted by Gasteiger charge is -2.03. The van der Waals surface area contributed by atoms with E-state index < -0.39 is 17.1 Å². The van der Waals surface area contributed by atoms with Gasteiger partial charge in [-0.25, -0.2) is 19.0 Å². The van der Waals surface area contributed by atoms with Crippen molar-refractivity contribution in [1.29, 1.82) is 0 Å². The van der Waals surface area contributed by atoms with Gasteiger partial charge in [0.05, 0.1) is 21.8 Å². The van der Waals surface area contributed by atoms with Crippen LogP contribution in [0.5, 0.6) is 0 Å². The summed E-state index contributed by atoms with van der Waals surface area (Å²) in [5.41, 5.74) is -1.93. The minimum atomic E-state index is -0.804. The van der Waals surface area contributed by atoms with Gasteiger partial charge in [-0.1, -0.05) is 18.2 Å². The van der Waals surface area contributed by atoms with Gasteiger partial charge in [0.1, 0.15) is 0 Å². The van der Waals surface area contributed by atoms with E-state index in [0.29, 0.717) is 9.28 Å². The van der Waals surface area contributed by atoms with Crippen LogP contribution in [0.4, 0.5) is 0 Å². The fourth-order valence-electron chi connectivity index (χ4n) is 1.26. The van der Waals surface area contributed by atoms with E-state index in [2.05, 4.69) is 16.1 Å². The zero-order valence-corrected chi connectivity index (χ0v) is 9.47. The number of nitrogens with zero attached hydrogens (tertiary/aromatic N) is 2. The fourth-order valence-corrected chi connectivity index (χ4v) is 1.51. The molecule has 0 saturated heterocycles. The van der Waals surface area contributed by atoms with Crippen molar-refractivity contribution in [2.24, 2.45) is 0 Å². The molecule has 2 aromatic rings. The average Bonchev–Trinajstić information content (AvgIpc) is 2.28. The molecule has 0 atom stereocenters. The molecule has 0 amide bonds. The van der Waals surface area contributed by atoms with Crippen LogP contribution in [0, 0.1) is 0 Å². The Labute approximate surface area is 97.1 Å². The predicted octanol–water partition coefficient (Wildman–Crippen LogP) is -0.155. The normalized spacial score (nSPS) is 10.3. The van der Waals surface area contributed by atoms with Gasteiger partial charge in [0.25, 0.3) is 0 Å². The van der Waals surface area contributed by atoms with Crippen molar-refractivity contribution < 1.29 is 0 Å². The first kappa shape index (κ1) is 10.6. The summed E-state index contributed by atoms with van der Waals surface area (Å²) < 4.78 is 1.51. The molecule has 0 aliphatic carbocycles. The van der Waals surface area contributed by atoms with Gasteiger partial charge >= 0.3 is 17.1 Å². The van der Waals surface area contributed by atoms with Crippen molar-refractivity contribution in [3.63, 3.8) is 0 Å². The lowest BCUT2D eigenvalue weighted by molar-refractivity contribution is 0.766. The molecule has 0 unspecified atom stereocenters. The Hall–Kier alpha value is -1.89. The van der Waals surface area contributed by atoms with Crippen molar-refractivity contribution in [2.45, 2.75) is 0 Å². The first-order valence-electron chi connectivity index (χ1n) is 4.31. The molecule has 0 aliphatic rings. The van der Waals surface area contributed by atoms with Gasteiger partial charge in [-0.2, -0.15) is 3.59 Å². The van der Waals surface area contributed by atoms with E-state index in [4.69, 9.17) is 0 Å². The number of nitrogens with one attached hydrogen (secondary N) is 1. The molecule has 0 aliphatic heterocycles. The summed E-state index contributed by atoms with van der Waals surface area (Å²) in [5, 5.41) is 0. The summed E-state index contributed by atoms with van der Waals surface area (Å²) in [7, 11) is 0. The molecule has 1 aromatic carbocycles. The van der Waals surface area contributed by atoms with Crippen LogP contribution in [0.3, 0.4) is 0 Å². The van der Waals surface area contributed by atoms with E-state index in [9.17, 15) is 14.4 Å². The van der Waals surface area contributed by atoms with E-state index >= 15 is 0 Å². The van der Waals surface area contributed by atoms with E-state index in [1.807, 2.05) is 4.98 Å². The van der Waals surface area contributed by atoms with Crippen LogP contribution in [0.1, 0.15) is 0 Å². The molecule has 1 N–H and O–H groups in total. The van der Waals surface area contributed by atoms with Crippen molar-refractivity contribution >= 4 is 16.1 Å². The molecule has 1 aromatic heterocycles. The summed E-state index contributed by atoms with van der Waals surface area (Å²) >= 11 is 2.76. The molecule has 0 bridgehead atoms. The number of hydrogen-bond acceptors (Lipinski definition) is 3. The topological polar surface area (TPSA) is 76.9 Å². The van der Waals surface area contributed by atoms with Gasteiger partial charge in [0.2, 0.25) is 0 Å². The van der Waals surface area contributed by atoms with Gasteiger partial charge in [-0.3, -0.25) is 4.98 Å². The number of aromatic nitrogens is 3. The molecule has 1 heterocycles. The van der Waals surface area contributed by atoms with Crippen LogP contribution in [0.25, 0.3) is 5.69 Å². The Balaban J connectivity index is 2.88. The maximum atomic E-state index is 11.7. The minimum absolute atomic E-state index is 0.391. The quantitative estimate of drug-likeness (QED) is 0.791. The third-order valence-electron chi connectivity index (χ3n) is 1.97. The van der Waals surface area contributed by atoms with Crippen LogP contribution in [0.15, 0.2) is 44.7 Å². The highest BCUT2D eigenvalue weighted by Gasteiger charge is 2.08. The van der Waals surface area contributed by atoms with E-state index in [-0.39, 0.29) is 0 Å². The molecule has 2 rings (SSSR count). The van der Waals surface area contributed by atoms with Gasteiger partial charge in [-0.15, -0.1) is 0 Å². The Bertz CT molecular complexity index is 684. The Kier molecular flexibility index (Phi) is 2.61. The standard InChI is InChI=1S/C9H6BrN3O3/c10-13-8(15)11-7(14)12(9(13)16)6-4-2-1-3-5-6/h1-5H,(H,11,14,15). The van der Waals surface area contributed by atoms with Gasteiger partial charge in [0.15, 0.2) is 0 Å². The second-order valence-electron chi connectivity index (χ2n) is 2.97. The Morgan fingerprint density at radius 1 is 1.00 bits per heavy atom. The Morgan fingerprint density at radius 2 is 1.62 bits per heavy atom. The van der Waals surface area contributed by atoms with Crippen molar-refractivity contribution in [3.05, 3.63) is 61.8 Å². The van der Waals surface area contributed by atoms with Crippen LogP contribution in [-0.4, -0.2) is 13.1 Å². The summed E-state index contributed by atoms with van der Waals surface area (Å²) in [6.45, 7) is 0. The highest BCUT2D eigenvalue weighted by Crippen LogP contribution is 1.99. The van der Waals surface area contributed by atoms with Crippen LogP contribution >= 0.6 is 16.1 Å². The molecule has 16 heavy (non-hydrogen) atoms. The van der Waals surface area contributed by atoms with Gasteiger partial charge in [0, 0.05) is 0 Å². The van der Waals surface area contributed by atoms with Crippen molar-refractivity contribution in [3.8, 4) is 5.69 Å². The number of benzene rings is 1. The van der Waals surface area contributed by atoms with Gasteiger partial charge < -0.3 is 0 Å². The monoisotopic (exact) mass is 283 g/mol. The first-order valence-corrected chi connectivity index (χ1v) is 5.02. The minimum Gasteiger partial charge on any atom is -0.258 e. The largest absolute Gasteiger partial charge is 0.351 e. The Morgan fingerprint density at radius 3 is 2.25 bits per heavy atom. The van der Waals surface area contributed by atoms with E-state index in [0.717, 1.165) is 4.57 Å². The molecular weight excluding hydrogens is 278 g/mol. The SMILES string of the molecule is O=c1[nH]c(=O)n(-c2ccccc2)c(=O)n1Br. The number of H-pyrrole nitrogens is 1. The maximum absolute atomic E-state index is 11.7. The van der Waals surface area contributed by atoms with Crippen molar-refractivity contribution in [1.82, 2.24) is 13.1 Å². The van der Waals surface area contributed by atoms with E-state index in [1.54, 1.807) is 30.3 Å². The molecule has 7 heteroatoms. The summed E-state index contributed by atoms with van der Waals surface area (Å²) in [5.74, 6) is 0. The van der Waals surface area contributed by atoms with Gasteiger partial charge in [-0.05, 0) is 12.1 Å². The molecular formula is C9H6BrN3O3. The molecule has 6 nitrogen and oxygen atoms in total. The molecule has 0 saturated carbocycles. The number of hydrogen-bond donors (Lipinski definition) is 1. The fraction of sp³-hybridized carbons (Fsp3) is 0. The zero-order valence-electron chi connectivity index (χ0n) is 7.88. The first-order chi connectivity index (χ1) is 7.61. The molecule has 0 radical (unpaired) electrons. The second kappa shape index (κ2) is 3.93. The molecule has 0 spiro atoms. The number of rotatable bonds is 1. The summed E-state index contributed by atoms with van der Waals surface area (Å²) in [6.07, 6.45) is 0. The molecule has 82 valence electrons. The third-order valence-corrected chi connectivity index (χ3v) is 2.59. The number of para-hydroxylation sites is 1. The number of aromatic amines is 1. The maximum Gasteiger partial charge on any atom is 0.351 e. The van der Waals surface area contributed by atoms with Crippen LogP contribution < -0.4 is 17.1 Å².